The van der Waals surface area contributed by atoms with E-state index in [0.717, 1.165) is 11.1 Å². The van der Waals surface area contributed by atoms with E-state index < -0.39 is 11.8 Å². The summed E-state index contributed by atoms with van der Waals surface area (Å²) in [5.74, 6) is -0.490. The molecule has 0 aliphatic carbocycles. The van der Waals surface area contributed by atoms with Gasteiger partial charge < -0.3 is 4.74 Å². The Morgan fingerprint density at radius 1 is 1.10 bits per heavy atom. The fourth-order valence-corrected chi connectivity index (χ4v) is 2.09. The molecular weight excluding hydrogens is 267 g/mol. The molecule has 0 atom stereocenters. The maximum Gasteiger partial charge on any atom is 0.343 e. The van der Waals surface area contributed by atoms with Gasteiger partial charge in [0.15, 0.2) is 0 Å². The highest BCUT2D eigenvalue weighted by Gasteiger charge is 2.21. The number of carbonyl (C=O) groups excluding carboxylic acids is 1. The van der Waals surface area contributed by atoms with Crippen molar-refractivity contribution in [3.05, 3.63) is 65.0 Å². The molecule has 0 amide bonds. The molecule has 0 radical (unpaired) electrons. The number of carbonyl (C=O) groups is 1. The summed E-state index contributed by atoms with van der Waals surface area (Å²) in [7, 11) is 0. The number of esters is 1. The van der Waals surface area contributed by atoms with Crippen LogP contribution in [0.15, 0.2) is 42.5 Å². The van der Waals surface area contributed by atoms with E-state index in [1.54, 1.807) is 6.07 Å². The van der Waals surface area contributed by atoms with Crippen LogP contribution in [0.4, 0.5) is 4.39 Å². The Labute approximate surface area is 124 Å². The van der Waals surface area contributed by atoms with Gasteiger partial charge in [0.25, 0.3) is 0 Å². The first-order valence-electron chi connectivity index (χ1n) is 6.86. The molecule has 0 heterocycles. The maximum absolute atomic E-state index is 13.2. The second-order valence-electron chi connectivity index (χ2n) is 6.15. The molecule has 21 heavy (non-hydrogen) atoms. The summed E-state index contributed by atoms with van der Waals surface area (Å²) in [4.78, 5) is 12.1. The summed E-state index contributed by atoms with van der Waals surface area (Å²) in [6.07, 6.45) is 0. The average molecular weight is 286 g/mol. The van der Waals surface area contributed by atoms with Crippen molar-refractivity contribution in [3.8, 4) is 5.75 Å². The molecule has 0 fully saturated rings. The number of halogens is 1. The van der Waals surface area contributed by atoms with Gasteiger partial charge in [-0.25, -0.2) is 9.18 Å². The van der Waals surface area contributed by atoms with Crippen LogP contribution in [0.5, 0.6) is 5.75 Å². The molecule has 2 nitrogen and oxygen atoms in total. The molecule has 0 N–H and O–H groups in total. The van der Waals surface area contributed by atoms with Gasteiger partial charge in [0.1, 0.15) is 11.6 Å². The van der Waals surface area contributed by atoms with Crippen LogP contribution in [0.1, 0.15) is 42.3 Å². The lowest BCUT2D eigenvalue weighted by Crippen LogP contribution is -2.16. The first-order chi connectivity index (χ1) is 9.77. The van der Waals surface area contributed by atoms with Crippen molar-refractivity contribution in [1.29, 1.82) is 0 Å². The third kappa shape index (κ3) is 3.69. The van der Waals surface area contributed by atoms with Gasteiger partial charge in [0.05, 0.1) is 5.56 Å². The van der Waals surface area contributed by atoms with E-state index in [2.05, 4.69) is 20.8 Å². The Kier molecular flexibility index (Phi) is 4.12. The predicted octanol–water partition coefficient (Wildman–Crippen LogP) is 4.65. The van der Waals surface area contributed by atoms with Gasteiger partial charge in [-0.05, 0) is 36.6 Å². The number of rotatable bonds is 2. The molecule has 2 aromatic carbocycles. The van der Waals surface area contributed by atoms with Crippen LogP contribution >= 0.6 is 0 Å². The Balaban J connectivity index is 2.34. The van der Waals surface area contributed by atoms with Crippen LogP contribution in [-0.4, -0.2) is 5.97 Å². The van der Waals surface area contributed by atoms with Crippen LogP contribution in [0.2, 0.25) is 0 Å². The first-order valence-corrected chi connectivity index (χ1v) is 6.86. The predicted molar refractivity (Wildman–Crippen MR) is 81.2 cm³/mol. The van der Waals surface area contributed by atoms with E-state index in [-0.39, 0.29) is 11.0 Å². The van der Waals surface area contributed by atoms with Crippen molar-refractivity contribution >= 4 is 5.97 Å². The van der Waals surface area contributed by atoms with Gasteiger partial charge in [0.2, 0.25) is 0 Å². The van der Waals surface area contributed by atoms with Gasteiger partial charge in [0, 0.05) is 5.56 Å². The highest BCUT2D eigenvalue weighted by atomic mass is 19.1. The molecule has 0 aromatic heterocycles. The van der Waals surface area contributed by atoms with Crippen LogP contribution in [-0.2, 0) is 5.41 Å². The fraction of sp³-hybridized carbons (Fsp3) is 0.278. The Morgan fingerprint density at radius 3 is 2.43 bits per heavy atom. The van der Waals surface area contributed by atoms with Crippen molar-refractivity contribution in [1.82, 2.24) is 0 Å². The largest absolute Gasteiger partial charge is 0.423 e. The topological polar surface area (TPSA) is 26.3 Å². The van der Waals surface area contributed by atoms with Crippen molar-refractivity contribution in [2.75, 3.05) is 0 Å². The van der Waals surface area contributed by atoms with E-state index in [1.807, 2.05) is 19.1 Å². The first kappa shape index (κ1) is 15.2. The van der Waals surface area contributed by atoms with Crippen molar-refractivity contribution in [3.63, 3.8) is 0 Å². The lowest BCUT2D eigenvalue weighted by Gasteiger charge is -2.22. The Morgan fingerprint density at radius 2 is 1.81 bits per heavy atom. The van der Waals surface area contributed by atoms with Gasteiger partial charge in [-0.2, -0.15) is 0 Å². The van der Waals surface area contributed by atoms with Crippen LogP contribution in [0, 0.1) is 12.7 Å². The van der Waals surface area contributed by atoms with Crippen LogP contribution < -0.4 is 4.74 Å². The molecule has 2 rings (SSSR count). The van der Waals surface area contributed by atoms with E-state index in [4.69, 9.17) is 4.74 Å². The van der Waals surface area contributed by atoms with Crippen molar-refractivity contribution < 1.29 is 13.9 Å². The lowest BCUT2D eigenvalue weighted by molar-refractivity contribution is 0.0731. The third-order valence-corrected chi connectivity index (χ3v) is 3.21. The minimum atomic E-state index is -0.552. The van der Waals surface area contributed by atoms with Gasteiger partial charge in [-0.15, -0.1) is 0 Å². The molecule has 2 aromatic rings. The molecule has 0 aliphatic heterocycles. The molecule has 0 saturated heterocycles. The summed E-state index contributed by atoms with van der Waals surface area (Å²) in [5, 5.41) is 0. The zero-order chi connectivity index (χ0) is 15.6. The quantitative estimate of drug-likeness (QED) is 0.593. The summed E-state index contributed by atoms with van der Waals surface area (Å²) in [5.41, 5.74) is 2.11. The maximum atomic E-state index is 13.2. The standard InChI is InChI=1S/C18H19FO2/c1-12-8-9-16(15(10-12)18(2,3)4)21-17(20)13-6-5-7-14(19)11-13/h5-11H,1-4H3. The SMILES string of the molecule is Cc1ccc(OC(=O)c2cccc(F)c2)c(C(C)(C)C)c1. The molecular formula is C18H19FO2. The van der Waals surface area contributed by atoms with E-state index in [9.17, 15) is 9.18 Å². The summed E-state index contributed by atoms with van der Waals surface area (Å²) >= 11 is 0. The molecule has 3 heteroatoms. The second-order valence-corrected chi connectivity index (χ2v) is 6.15. The van der Waals surface area contributed by atoms with Gasteiger partial charge in [-0.1, -0.05) is 44.5 Å². The molecule has 0 unspecified atom stereocenters. The fourth-order valence-electron chi connectivity index (χ4n) is 2.09. The Hall–Kier alpha value is -2.16. The van der Waals surface area contributed by atoms with Gasteiger partial charge >= 0.3 is 5.97 Å². The molecule has 0 spiro atoms. The molecule has 0 bridgehead atoms. The number of aryl methyl sites for hydroxylation is 1. The highest BCUT2D eigenvalue weighted by Crippen LogP contribution is 2.32. The highest BCUT2D eigenvalue weighted by molar-refractivity contribution is 5.91. The lowest BCUT2D eigenvalue weighted by atomic mass is 9.85. The molecule has 0 aliphatic rings. The number of hydrogen-bond acceptors (Lipinski definition) is 2. The number of benzene rings is 2. The Bertz CT molecular complexity index is 669. The monoisotopic (exact) mass is 286 g/mol. The van der Waals surface area contributed by atoms with Crippen LogP contribution in [0.3, 0.4) is 0 Å². The second kappa shape index (κ2) is 5.68. The number of hydrogen-bond donors (Lipinski definition) is 0. The zero-order valence-electron chi connectivity index (χ0n) is 12.7. The average Bonchev–Trinajstić information content (AvgIpc) is 2.39. The summed E-state index contributed by atoms with van der Waals surface area (Å²) in [6, 6.07) is 11.2. The minimum absolute atomic E-state index is 0.149. The van der Waals surface area contributed by atoms with Crippen molar-refractivity contribution in [2.45, 2.75) is 33.1 Å². The summed E-state index contributed by atoms with van der Waals surface area (Å²) < 4.78 is 18.6. The van der Waals surface area contributed by atoms with E-state index in [1.165, 1.54) is 24.3 Å². The van der Waals surface area contributed by atoms with Crippen molar-refractivity contribution in [2.24, 2.45) is 0 Å². The number of ether oxygens (including phenoxy) is 1. The summed E-state index contributed by atoms with van der Waals surface area (Å²) in [6.45, 7) is 8.16. The van der Waals surface area contributed by atoms with E-state index in [0.29, 0.717) is 5.75 Å². The zero-order valence-corrected chi connectivity index (χ0v) is 12.7. The van der Waals surface area contributed by atoms with Crippen LogP contribution in [0.25, 0.3) is 0 Å². The normalized spacial score (nSPS) is 11.3. The molecule has 110 valence electrons. The van der Waals surface area contributed by atoms with Gasteiger partial charge in [-0.3, -0.25) is 0 Å². The smallest absolute Gasteiger partial charge is 0.343 e. The van der Waals surface area contributed by atoms with E-state index >= 15 is 0 Å². The minimum Gasteiger partial charge on any atom is -0.423 e. The molecule has 0 saturated carbocycles. The third-order valence-electron chi connectivity index (χ3n) is 3.21.